The molecule has 1 aromatic heterocycles. The van der Waals surface area contributed by atoms with E-state index in [2.05, 4.69) is 15.7 Å². The lowest BCUT2D eigenvalue weighted by molar-refractivity contribution is -0.124. The molecule has 0 fully saturated rings. The number of aromatic nitrogens is 2. The summed E-state index contributed by atoms with van der Waals surface area (Å²) in [5.74, 6) is -0.306. The Morgan fingerprint density at radius 1 is 1.26 bits per heavy atom. The first-order valence-corrected chi connectivity index (χ1v) is 7.40. The second-order valence-corrected chi connectivity index (χ2v) is 5.57. The molecule has 23 heavy (non-hydrogen) atoms. The Balaban J connectivity index is 1.94. The molecule has 1 heterocycles. The summed E-state index contributed by atoms with van der Waals surface area (Å²) in [6, 6.07) is 8.20. The highest BCUT2D eigenvalue weighted by Crippen LogP contribution is 2.09. The topological polar surface area (TPSA) is 102 Å². The van der Waals surface area contributed by atoms with Crippen molar-refractivity contribution in [1.29, 1.82) is 0 Å². The minimum Gasteiger partial charge on any atom is -0.352 e. The number of primary amides is 1. The van der Waals surface area contributed by atoms with Crippen LogP contribution in [-0.2, 0) is 11.3 Å². The third-order valence-electron chi connectivity index (χ3n) is 3.42. The van der Waals surface area contributed by atoms with Gasteiger partial charge >= 0.3 is 6.03 Å². The van der Waals surface area contributed by atoms with Gasteiger partial charge in [-0.1, -0.05) is 26.0 Å². The zero-order chi connectivity index (χ0) is 16.8. The first-order valence-electron chi connectivity index (χ1n) is 7.40. The standard InChI is InChI=1S/C16H21N5O2/c1-11(2)14(20-16(17)23)15(22)18-10-12-4-6-13(7-5-12)21-9-3-8-19-21/h3-9,11,14H,10H2,1-2H3,(H,18,22)(H3,17,20,23)/t14-/m0/s1. The Hall–Kier alpha value is -2.83. The van der Waals surface area contributed by atoms with Gasteiger partial charge in [-0.3, -0.25) is 4.79 Å². The van der Waals surface area contributed by atoms with Gasteiger partial charge in [0, 0.05) is 18.9 Å². The van der Waals surface area contributed by atoms with E-state index in [-0.39, 0.29) is 11.8 Å². The minimum absolute atomic E-state index is 0.0512. The monoisotopic (exact) mass is 315 g/mol. The van der Waals surface area contributed by atoms with Gasteiger partial charge < -0.3 is 16.4 Å². The van der Waals surface area contributed by atoms with Crippen molar-refractivity contribution in [2.45, 2.75) is 26.4 Å². The quantitative estimate of drug-likeness (QED) is 0.746. The average molecular weight is 315 g/mol. The maximum atomic E-state index is 12.2. The number of hydrogen-bond acceptors (Lipinski definition) is 3. The van der Waals surface area contributed by atoms with E-state index in [1.54, 1.807) is 10.9 Å². The lowest BCUT2D eigenvalue weighted by Crippen LogP contribution is -2.51. The molecule has 0 saturated carbocycles. The molecule has 0 unspecified atom stereocenters. The fraction of sp³-hybridized carbons (Fsp3) is 0.312. The maximum Gasteiger partial charge on any atom is 0.312 e. The van der Waals surface area contributed by atoms with E-state index in [1.807, 2.05) is 50.4 Å². The normalized spacial score (nSPS) is 12.0. The predicted molar refractivity (Wildman–Crippen MR) is 86.8 cm³/mol. The van der Waals surface area contributed by atoms with E-state index in [0.29, 0.717) is 6.54 Å². The fourth-order valence-electron chi connectivity index (χ4n) is 2.18. The van der Waals surface area contributed by atoms with Gasteiger partial charge in [-0.15, -0.1) is 0 Å². The average Bonchev–Trinajstić information content (AvgIpc) is 3.04. The Morgan fingerprint density at radius 2 is 1.96 bits per heavy atom. The van der Waals surface area contributed by atoms with E-state index in [4.69, 9.17) is 5.73 Å². The highest BCUT2D eigenvalue weighted by molar-refractivity contribution is 5.86. The number of nitrogens with two attached hydrogens (primary N) is 1. The van der Waals surface area contributed by atoms with Crippen molar-refractivity contribution in [1.82, 2.24) is 20.4 Å². The van der Waals surface area contributed by atoms with E-state index >= 15 is 0 Å². The molecule has 7 heteroatoms. The van der Waals surface area contributed by atoms with E-state index < -0.39 is 12.1 Å². The molecule has 0 aliphatic carbocycles. The van der Waals surface area contributed by atoms with Gasteiger partial charge in [-0.05, 0) is 29.7 Å². The molecule has 3 amide bonds. The van der Waals surface area contributed by atoms with Crippen molar-refractivity contribution in [2.75, 3.05) is 0 Å². The summed E-state index contributed by atoms with van der Waals surface area (Å²) < 4.78 is 1.76. The summed E-state index contributed by atoms with van der Waals surface area (Å²) >= 11 is 0. The summed E-state index contributed by atoms with van der Waals surface area (Å²) in [5, 5.41) is 9.42. The minimum atomic E-state index is -0.706. The van der Waals surface area contributed by atoms with Crippen LogP contribution >= 0.6 is 0 Å². The van der Waals surface area contributed by atoms with Gasteiger partial charge in [0.1, 0.15) is 6.04 Å². The highest BCUT2D eigenvalue weighted by Gasteiger charge is 2.22. The van der Waals surface area contributed by atoms with Gasteiger partial charge in [0.05, 0.1) is 5.69 Å². The Morgan fingerprint density at radius 3 is 2.48 bits per heavy atom. The zero-order valence-electron chi connectivity index (χ0n) is 13.2. The fourth-order valence-corrected chi connectivity index (χ4v) is 2.18. The molecule has 4 N–H and O–H groups in total. The van der Waals surface area contributed by atoms with Crippen molar-refractivity contribution < 1.29 is 9.59 Å². The van der Waals surface area contributed by atoms with E-state index in [9.17, 15) is 9.59 Å². The van der Waals surface area contributed by atoms with E-state index in [0.717, 1.165) is 11.3 Å². The largest absolute Gasteiger partial charge is 0.352 e. The lowest BCUT2D eigenvalue weighted by atomic mass is 10.0. The van der Waals surface area contributed by atoms with Crippen molar-refractivity contribution in [3.8, 4) is 5.69 Å². The van der Waals surface area contributed by atoms with Crippen molar-refractivity contribution in [3.05, 3.63) is 48.3 Å². The molecule has 122 valence electrons. The van der Waals surface area contributed by atoms with Gasteiger partial charge in [0.15, 0.2) is 0 Å². The number of benzene rings is 1. The predicted octanol–water partition coefficient (Wildman–Crippen LogP) is 1.18. The molecule has 0 spiro atoms. The van der Waals surface area contributed by atoms with Crippen molar-refractivity contribution >= 4 is 11.9 Å². The van der Waals surface area contributed by atoms with E-state index in [1.165, 1.54) is 0 Å². The third-order valence-corrected chi connectivity index (χ3v) is 3.42. The highest BCUT2D eigenvalue weighted by atomic mass is 16.2. The van der Waals surface area contributed by atoms with Gasteiger partial charge in [-0.25, -0.2) is 9.48 Å². The molecule has 1 aromatic carbocycles. The molecule has 0 aliphatic rings. The second kappa shape index (κ2) is 7.44. The second-order valence-electron chi connectivity index (χ2n) is 5.57. The van der Waals surface area contributed by atoms with Gasteiger partial charge in [0.2, 0.25) is 5.91 Å². The number of nitrogens with one attached hydrogen (secondary N) is 2. The summed E-state index contributed by atoms with van der Waals surface area (Å²) in [7, 11) is 0. The zero-order valence-corrected chi connectivity index (χ0v) is 13.2. The van der Waals surface area contributed by atoms with Crippen molar-refractivity contribution in [2.24, 2.45) is 11.7 Å². The number of nitrogens with zero attached hydrogens (tertiary/aromatic N) is 2. The number of carbonyl (C=O) groups excluding carboxylic acids is 2. The van der Waals surface area contributed by atoms with Crippen LogP contribution in [0.3, 0.4) is 0 Å². The number of hydrogen-bond donors (Lipinski definition) is 3. The summed E-state index contributed by atoms with van der Waals surface area (Å²) in [6.07, 6.45) is 3.57. The number of rotatable bonds is 6. The van der Waals surface area contributed by atoms with Crippen LogP contribution in [0.5, 0.6) is 0 Å². The van der Waals surface area contributed by atoms with Crippen LogP contribution in [0, 0.1) is 5.92 Å². The maximum absolute atomic E-state index is 12.2. The summed E-state index contributed by atoms with van der Waals surface area (Å²) in [5.41, 5.74) is 7.00. The molecule has 2 rings (SSSR count). The van der Waals surface area contributed by atoms with Crippen LogP contribution in [0.25, 0.3) is 5.69 Å². The molecule has 2 aromatic rings. The summed E-state index contributed by atoms with van der Waals surface area (Å²) in [4.78, 5) is 23.1. The third kappa shape index (κ3) is 4.57. The van der Waals surface area contributed by atoms with Crippen LogP contribution in [0.2, 0.25) is 0 Å². The Kier molecular flexibility index (Phi) is 5.35. The summed E-state index contributed by atoms with van der Waals surface area (Å²) in [6.45, 7) is 4.07. The SMILES string of the molecule is CC(C)[C@H](NC(N)=O)C(=O)NCc1ccc(-n2cccn2)cc1. The molecule has 7 nitrogen and oxygen atoms in total. The van der Waals surface area contributed by atoms with Gasteiger partial charge in [-0.2, -0.15) is 5.10 Å². The molecular weight excluding hydrogens is 294 g/mol. The van der Waals surface area contributed by atoms with Crippen LogP contribution in [0.1, 0.15) is 19.4 Å². The molecule has 0 radical (unpaired) electrons. The van der Waals surface area contributed by atoms with Crippen molar-refractivity contribution in [3.63, 3.8) is 0 Å². The lowest BCUT2D eigenvalue weighted by Gasteiger charge is -2.20. The number of amides is 3. The number of urea groups is 1. The molecule has 0 aliphatic heterocycles. The van der Waals surface area contributed by atoms with Crippen LogP contribution in [0.4, 0.5) is 4.79 Å². The Labute approximate surface area is 134 Å². The molecule has 0 saturated heterocycles. The van der Waals surface area contributed by atoms with Crippen LogP contribution in [-0.4, -0.2) is 27.8 Å². The molecular formula is C16H21N5O2. The van der Waals surface area contributed by atoms with Crippen LogP contribution < -0.4 is 16.4 Å². The molecule has 1 atom stereocenters. The molecule has 0 bridgehead atoms. The number of carbonyl (C=O) groups is 2. The Bertz CT molecular complexity index is 650. The first kappa shape index (κ1) is 16.5. The van der Waals surface area contributed by atoms with Gasteiger partial charge in [0.25, 0.3) is 0 Å². The smallest absolute Gasteiger partial charge is 0.312 e. The van der Waals surface area contributed by atoms with Crippen LogP contribution in [0.15, 0.2) is 42.7 Å². The first-order chi connectivity index (χ1) is 11.0.